The van der Waals surface area contributed by atoms with Crippen molar-refractivity contribution >= 4 is 23.0 Å². The number of carboxylic acid groups (broad SMARTS) is 1. The van der Waals surface area contributed by atoms with Crippen molar-refractivity contribution in [1.29, 1.82) is 0 Å². The average molecular weight is 466 g/mol. The Bertz CT molecular complexity index is 1100. The summed E-state index contributed by atoms with van der Waals surface area (Å²) in [5.41, 5.74) is 1.54. The molecule has 0 aliphatic rings. The van der Waals surface area contributed by atoms with Crippen molar-refractivity contribution in [2.75, 3.05) is 25.7 Å². The van der Waals surface area contributed by atoms with Crippen LogP contribution in [0, 0.1) is 6.92 Å². The van der Waals surface area contributed by atoms with Crippen LogP contribution in [-0.4, -0.2) is 36.8 Å². The van der Waals surface area contributed by atoms with E-state index in [1.807, 2.05) is 18.9 Å². The zero-order valence-electron chi connectivity index (χ0n) is 17.6. The van der Waals surface area contributed by atoms with Gasteiger partial charge in [0, 0.05) is 29.2 Å². The van der Waals surface area contributed by atoms with E-state index in [1.54, 1.807) is 18.2 Å². The molecule has 0 amide bonds. The molecule has 32 heavy (non-hydrogen) atoms. The minimum absolute atomic E-state index is 0.325. The molecule has 0 spiro atoms. The van der Waals surface area contributed by atoms with E-state index in [4.69, 9.17) is 14.6 Å². The Labute approximate surface area is 186 Å². The minimum atomic E-state index is -4.37. The van der Waals surface area contributed by atoms with Crippen LogP contribution in [0.1, 0.15) is 16.1 Å². The van der Waals surface area contributed by atoms with Crippen molar-refractivity contribution in [1.82, 2.24) is 4.98 Å². The lowest BCUT2D eigenvalue weighted by Crippen LogP contribution is -2.16. The molecular weight excluding hydrogens is 445 g/mol. The third-order valence-corrected chi connectivity index (χ3v) is 5.86. The number of aromatic nitrogens is 1. The molecule has 0 aliphatic heterocycles. The van der Waals surface area contributed by atoms with Gasteiger partial charge in [-0.05, 0) is 31.2 Å². The molecule has 0 atom stereocenters. The first kappa shape index (κ1) is 23.4. The summed E-state index contributed by atoms with van der Waals surface area (Å²) in [6, 6.07) is 10.1. The number of thiazole rings is 1. The highest BCUT2D eigenvalue weighted by atomic mass is 32.1. The van der Waals surface area contributed by atoms with Gasteiger partial charge in [0.05, 0.1) is 24.9 Å². The second-order valence-electron chi connectivity index (χ2n) is 6.98. The molecule has 1 heterocycles. The predicted molar refractivity (Wildman–Crippen MR) is 116 cm³/mol. The number of nitrogens with zero attached hydrogens (tertiary/aromatic N) is 2. The first-order valence-corrected chi connectivity index (χ1v) is 10.3. The van der Waals surface area contributed by atoms with Crippen LogP contribution in [0.3, 0.4) is 0 Å². The van der Waals surface area contributed by atoms with Crippen LogP contribution in [0.4, 0.5) is 18.9 Å². The maximum Gasteiger partial charge on any atom is 0.416 e. The molecule has 6 nitrogen and oxygen atoms in total. The van der Waals surface area contributed by atoms with E-state index < -0.39 is 24.3 Å². The number of aliphatic carboxylic acids is 1. The monoisotopic (exact) mass is 466 g/mol. The fourth-order valence-corrected chi connectivity index (χ4v) is 4.08. The number of aryl methyl sites for hydroxylation is 1. The second-order valence-corrected chi connectivity index (χ2v) is 8.06. The fraction of sp³-hybridized carbons (Fsp3) is 0.273. The van der Waals surface area contributed by atoms with Crippen LogP contribution in [0.5, 0.6) is 11.5 Å². The summed E-state index contributed by atoms with van der Waals surface area (Å²) in [4.78, 5) is 18.2. The van der Waals surface area contributed by atoms with E-state index in [0.29, 0.717) is 28.6 Å². The number of ether oxygens (including phenoxy) is 2. The summed E-state index contributed by atoms with van der Waals surface area (Å²) in [5, 5.41) is 9.42. The van der Waals surface area contributed by atoms with Gasteiger partial charge in [-0.2, -0.15) is 13.2 Å². The quantitative estimate of drug-likeness (QED) is 0.489. The Hall–Kier alpha value is -3.27. The Balaban J connectivity index is 1.76. The Kier molecular flexibility index (Phi) is 6.93. The fourth-order valence-electron chi connectivity index (χ4n) is 2.96. The molecule has 0 bridgehead atoms. The summed E-state index contributed by atoms with van der Waals surface area (Å²) < 4.78 is 48.9. The summed E-state index contributed by atoms with van der Waals surface area (Å²) in [6.07, 6.45) is -4.37. The summed E-state index contributed by atoms with van der Waals surface area (Å²) >= 11 is 1.42. The highest BCUT2D eigenvalue weighted by molar-refractivity contribution is 7.15. The van der Waals surface area contributed by atoms with Crippen LogP contribution >= 0.6 is 11.3 Å². The smallest absolute Gasteiger partial charge is 0.416 e. The van der Waals surface area contributed by atoms with Gasteiger partial charge in [-0.25, -0.2) is 9.78 Å². The standard InChI is InChI=1S/C22H21F3N2O4S/c1-13-19(32-21(26-13)14-4-6-15(7-5-14)22(23,24)25)11-27(2)16-8-9-17(18(10-16)30-3)31-12-20(28)29/h4-10H,11-12H2,1-3H3,(H,28,29). The van der Waals surface area contributed by atoms with Gasteiger partial charge in [0.2, 0.25) is 0 Å². The zero-order valence-corrected chi connectivity index (χ0v) is 18.4. The van der Waals surface area contributed by atoms with E-state index >= 15 is 0 Å². The first-order chi connectivity index (χ1) is 15.1. The largest absolute Gasteiger partial charge is 0.493 e. The highest BCUT2D eigenvalue weighted by Crippen LogP contribution is 2.35. The minimum Gasteiger partial charge on any atom is -0.493 e. The number of carbonyl (C=O) groups is 1. The van der Waals surface area contributed by atoms with E-state index in [2.05, 4.69) is 4.98 Å². The van der Waals surface area contributed by atoms with Crippen LogP contribution in [-0.2, 0) is 17.5 Å². The van der Waals surface area contributed by atoms with E-state index in [9.17, 15) is 18.0 Å². The summed E-state index contributed by atoms with van der Waals surface area (Å²) in [7, 11) is 3.35. The summed E-state index contributed by atoms with van der Waals surface area (Å²) in [5.74, 6) is -0.356. The van der Waals surface area contributed by atoms with Crippen molar-refractivity contribution in [2.45, 2.75) is 19.6 Å². The van der Waals surface area contributed by atoms with Crippen LogP contribution in [0.2, 0.25) is 0 Å². The molecule has 0 radical (unpaired) electrons. The molecule has 170 valence electrons. The molecule has 1 N–H and O–H groups in total. The van der Waals surface area contributed by atoms with Crippen LogP contribution in [0.15, 0.2) is 42.5 Å². The van der Waals surface area contributed by atoms with Gasteiger partial charge >= 0.3 is 12.1 Å². The van der Waals surface area contributed by atoms with Crippen LogP contribution in [0.25, 0.3) is 10.6 Å². The Morgan fingerprint density at radius 2 is 1.84 bits per heavy atom. The van der Waals surface area contributed by atoms with Crippen molar-refractivity contribution in [2.24, 2.45) is 0 Å². The number of methoxy groups -OCH3 is 1. The number of anilines is 1. The van der Waals surface area contributed by atoms with Crippen molar-refractivity contribution in [3.8, 4) is 22.1 Å². The SMILES string of the molecule is COc1cc(N(C)Cc2sc(-c3ccc(C(F)(F)F)cc3)nc2C)ccc1OCC(=O)O. The lowest BCUT2D eigenvalue weighted by Gasteiger charge is -2.20. The zero-order chi connectivity index (χ0) is 23.5. The molecule has 3 rings (SSSR count). The average Bonchev–Trinajstić information content (AvgIpc) is 3.11. The molecule has 0 saturated heterocycles. The predicted octanol–water partition coefficient (Wildman–Crippen LogP) is 5.25. The third-order valence-electron chi connectivity index (χ3n) is 4.67. The first-order valence-electron chi connectivity index (χ1n) is 9.46. The van der Waals surface area contributed by atoms with Crippen molar-refractivity contribution in [3.05, 3.63) is 58.6 Å². The number of rotatable bonds is 8. The Morgan fingerprint density at radius 3 is 2.44 bits per heavy atom. The number of halogens is 3. The second kappa shape index (κ2) is 9.47. The molecule has 0 fully saturated rings. The number of benzene rings is 2. The molecule has 0 unspecified atom stereocenters. The van der Waals surface area contributed by atoms with Crippen molar-refractivity contribution in [3.63, 3.8) is 0 Å². The summed E-state index contributed by atoms with van der Waals surface area (Å²) in [6.45, 7) is 1.90. The molecule has 0 saturated carbocycles. The number of carboxylic acids is 1. The van der Waals surface area contributed by atoms with E-state index in [1.165, 1.54) is 30.6 Å². The van der Waals surface area contributed by atoms with Gasteiger partial charge in [0.25, 0.3) is 0 Å². The number of alkyl halides is 3. The highest BCUT2D eigenvalue weighted by Gasteiger charge is 2.30. The topological polar surface area (TPSA) is 71.9 Å². The van der Waals surface area contributed by atoms with Gasteiger partial charge in [-0.15, -0.1) is 11.3 Å². The van der Waals surface area contributed by atoms with E-state index in [-0.39, 0.29) is 0 Å². The lowest BCUT2D eigenvalue weighted by atomic mass is 10.1. The van der Waals surface area contributed by atoms with Gasteiger partial charge in [0.1, 0.15) is 5.01 Å². The molecule has 3 aromatic rings. The normalized spacial score (nSPS) is 11.3. The van der Waals surface area contributed by atoms with Gasteiger partial charge in [0.15, 0.2) is 18.1 Å². The molecule has 10 heteroatoms. The maximum absolute atomic E-state index is 12.8. The van der Waals surface area contributed by atoms with Gasteiger partial charge in [-0.3, -0.25) is 0 Å². The van der Waals surface area contributed by atoms with Crippen molar-refractivity contribution < 1.29 is 32.5 Å². The van der Waals surface area contributed by atoms with E-state index in [0.717, 1.165) is 28.4 Å². The van der Waals surface area contributed by atoms with Gasteiger partial charge < -0.3 is 19.5 Å². The van der Waals surface area contributed by atoms with Crippen LogP contribution < -0.4 is 14.4 Å². The molecular formula is C22H21F3N2O4S. The Morgan fingerprint density at radius 1 is 1.16 bits per heavy atom. The number of hydrogen-bond acceptors (Lipinski definition) is 6. The molecule has 0 aliphatic carbocycles. The van der Waals surface area contributed by atoms with Gasteiger partial charge in [-0.1, -0.05) is 12.1 Å². The molecule has 1 aromatic heterocycles. The third kappa shape index (κ3) is 5.50. The maximum atomic E-state index is 12.8. The number of hydrogen-bond donors (Lipinski definition) is 1. The lowest BCUT2D eigenvalue weighted by molar-refractivity contribution is -0.139. The molecule has 2 aromatic carbocycles.